The topological polar surface area (TPSA) is 3.24 Å². The van der Waals surface area contributed by atoms with Crippen LogP contribution < -0.4 is 4.90 Å². The number of fused-ring (bicyclic) bond motifs is 17. The number of hydrogen-bond acceptors (Lipinski definition) is 2. The Morgan fingerprint density at radius 2 is 0.900 bits per heavy atom. The van der Waals surface area contributed by atoms with Gasteiger partial charge in [0.1, 0.15) is 0 Å². The first kappa shape index (κ1) is 33.9. The highest BCUT2D eigenvalue weighted by Crippen LogP contribution is 2.65. The van der Waals surface area contributed by atoms with Gasteiger partial charge in [0, 0.05) is 42.6 Å². The molecule has 1 spiro atoms. The molecule has 9 aromatic carbocycles. The molecule has 0 radical (unpaired) electrons. The van der Waals surface area contributed by atoms with Crippen LogP contribution in [-0.2, 0) is 10.8 Å². The minimum absolute atomic E-state index is 0.122. The van der Waals surface area contributed by atoms with Gasteiger partial charge in [0.05, 0.1) is 5.41 Å². The third-order valence-corrected chi connectivity index (χ3v) is 15.0. The minimum Gasteiger partial charge on any atom is -0.310 e. The molecular formula is C58H39NS. The van der Waals surface area contributed by atoms with Crippen molar-refractivity contribution in [3.8, 4) is 44.5 Å². The predicted molar refractivity (Wildman–Crippen MR) is 253 cm³/mol. The molecule has 1 unspecified atom stereocenters. The van der Waals surface area contributed by atoms with Gasteiger partial charge in [0.15, 0.2) is 0 Å². The van der Waals surface area contributed by atoms with E-state index in [-0.39, 0.29) is 5.41 Å². The summed E-state index contributed by atoms with van der Waals surface area (Å²) in [6.45, 7) is 4.75. The molecule has 2 heteroatoms. The van der Waals surface area contributed by atoms with Gasteiger partial charge in [-0.25, -0.2) is 0 Å². The summed E-state index contributed by atoms with van der Waals surface area (Å²) < 4.78 is 2.68. The molecule has 0 saturated heterocycles. The summed E-state index contributed by atoms with van der Waals surface area (Å²) in [5.74, 6) is 0. The van der Waals surface area contributed by atoms with Gasteiger partial charge in [0.2, 0.25) is 0 Å². The second-order valence-electron chi connectivity index (χ2n) is 17.2. The van der Waals surface area contributed by atoms with Crippen LogP contribution in [0.3, 0.4) is 0 Å². The summed E-state index contributed by atoms with van der Waals surface area (Å²) in [6.07, 6.45) is 0. The molecule has 0 N–H and O–H groups in total. The minimum atomic E-state index is -0.477. The van der Waals surface area contributed by atoms with Gasteiger partial charge in [-0.3, -0.25) is 0 Å². The Bertz CT molecular complexity index is 3410. The lowest BCUT2D eigenvalue weighted by molar-refractivity contribution is 0.660. The van der Waals surface area contributed by atoms with E-state index in [9.17, 15) is 0 Å². The lowest BCUT2D eigenvalue weighted by atomic mass is 9.70. The van der Waals surface area contributed by atoms with E-state index in [0.29, 0.717) is 0 Å². The van der Waals surface area contributed by atoms with E-state index in [1.807, 2.05) is 11.3 Å². The second kappa shape index (κ2) is 12.3. The predicted octanol–water partition coefficient (Wildman–Crippen LogP) is 15.8. The summed E-state index contributed by atoms with van der Waals surface area (Å²) in [5.41, 5.74) is 21.4. The fourth-order valence-corrected chi connectivity index (χ4v) is 12.4. The molecule has 0 fully saturated rings. The van der Waals surface area contributed by atoms with Crippen LogP contribution in [0.25, 0.3) is 64.7 Å². The molecular weight excluding hydrogens is 743 g/mol. The zero-order valence-corrected chi connectivity index (χ0v) is 34.2. The number of rotatable bonds is 4. The quantitative estimate of drug-likeness (QED) is 0.172. The first-order chi connectivity index (χ1) is 29.5. The van der Waals surface area contributed by atoms with Crippen molar-refractivity contribution in [3.05, 3.63) is 234 Å². The molecule has 10 aromatic rings. The maximum absolute atomic E-state index is 2.52. The number of hydrogen-bond donors (Lipinski definition) is 0. The molecule has 0 saturated carbocycles. The molecule has 3 aliphatic carbocycles. The van der Waals surface area contributed by atoms with Crippen molar-refractivity contribution in [2.24, 2.45) is 0 Å². The number of anilines is 3. The van der Waals surface area contributed by atoms with Crippen LogP contribution >= 0.6 is 11.3 Å². The Labute approximate surface area is 354 Å². The number of thiophene rings is 1. The zero-order chi connectivity index (χ0) is 39.7. The molecule has 282 valence electrons. The molecule has 0 amide bonds. The van der Waals surface area contributed by atoms with E-state index in [0.717, 1.165) is 17.1 Å². The van der Waals surface area contributed by atoms with E-state index in [1.165, 1.54) is 98.1 Å². The largest absolute Gasteiger partial charge is 0.310 e. The summed E-state index contributed by atoms with van der Waals surface area (Å²) in [5, 5.41) is 2.72. The third kappa shape index (κ3) is 4.41. The van der Waals surface area contributed by atoms with E-state index in [1.54, 1.807) is 0 Å². The van der Waals surface area contributed by atoms with Crippen LogP contribution in [0.15, 0.2) is 200 Å². The SMILES string of the molecule is CC1(C)c2ccccc2-c2ccc(N(c3ccc(-c4ccccc4)cc3)c3ccc4c(c3)C3(c5ccccc5-4)c4ccccc4-c4c3ccc3sc5ccccc5c43)cc21. The van der Waals surface area contributed by atoms with Gasteiger partial charge in [-0.2, -0.15) is 0 Å². The Morgan fingerprint density at radius 3 is 1.65 bits per heavy atom. The molecule has 0 bridgehead atoms. The average molecular weight is 782 g/mol. The fourth-order valence-electron chi connectivity index (χ4n) is 11.3. The van der Waals surface area contributed by atoms with Gasteiger partial charge in [0.25, 0.3) is 0 Å². The van der Waals surface area contributed by atoms with Crippen molar-refractivity contribution >= 4 is 48.6 Å². The summed E-state index contributed by atoms with van der Waals surface area (Å²) in [4.78, 5) is 2.49. The molecule has 13 rings (SSSR count). The van der Waals surface area contributed by atoms with Crippen LogP contribution in [0.1, 0.15) is 47.2 Å². The van der Waals surface area contributed by atoms with E-state index in [2.05, 4.69) is 219 Å². The first-order valence-corrected chi connectivity index (χ1v) is 21.8. The zero-order valence-electron chi connectivity index (χ0n) is 33.4. The Morgan fingerprint density at radius 1 is 0.367 bits per heavy atom. The smallest absolute Gasteiger partial charge is 0.0726 e. The highest BCUT2D eigenvalue weighted by Gasteiger charge is 2.52. The van der Waals surface area contributed by atoms with Crippen molar-refractivity contribution in [3.63, 3.8) is 0 Å². The summed E-state index contributed by atoms with van der Waals surface area (Å²) >= 11 is 1.90. The second-order valence-corrected chi connectivity index (χ2v) is 18.3. The normalized spacial score (nSPS) is 16.0. The average Bonchev–Trinajstić information content (AvgIpc) is 3.99. The highest BCUT2D eigenvalue weighted by molar-refractivity contribution is 7.26. The lowest BCUT2D eigenvalue weighted by Crippen LogP contribution is -2.26. The summed E-state index contributed by atoms with van der Waals surface area (Å²) in [6, 6.07) is 75.4. The van der Waals surface area contributed by atoms with Crippen LogP contribution in [-0.4, -0.2) is 0 Å². The third-order valence-electron chi connectivity index (χ3n) is 13.9. The van der Waals surface area contributed by atoms with Crippen LogP contribution in [0.5, 0.6) is 0 Å². The van der Waals surface area contributed by atoms with Crippen molar-refractivity contribution in [2.45, 2.75) is 24.7 Å². The molecule has 1 atom stereocenters. The summed E-state index contributed by atoms with van der Waals surface area (Å²) in [7, 11) is 0. The highest BCUT2D eigenvalue weighted by atomic mass is 32.1. The van der Waals surface area contributed by atoms with Gasteiger partial charge < -0.3 is 4.90 Å². The Balaban J connectivity index is 1.07. The molecule has 0 aliphatic heterocycles. The maximum Gasteiger partial charge on any atom is 0.0726 e. The van der Waals surface area contributed by atoms with Crippen LogP contribution in [0, 0.1) is 0 Å². The number of benzene rings is 9. The Hall–Kier alpha value is -7.00. The van der Waals surface area contributed by atoms with E-state index >= 15 is 0 Å². The van der Waals surface area contributed by atoms with Crippen molar-refractivity contribution in [1.29, 1.82) is 0 Å². The molecule has 1 nitrogen and oxygen atoms in total. The van der Waals surface area contributed by atoms with Gasteiger partial charge in [-0.15, -0.1) is 11.3 Å². The molecule has 60 heavy (non-hydrogen) atoms. The molecule has 1 heterocycles. The monoisotopic (exact) mass is 781 g/mol. The van der Waals surface area contributed by atoms with Crippen molar-refractivity contribution < 1.29 is 0 Å². The van der Waals surface area contributed by atoms with Crippen molar-refractivity contribution in [1.82, 2.24) is 0 Å². The van der Waals surface area contributed by atoms with Gasteiger partial charge in [-0.1, -0.05) is 166 Å². The lowest BCUT2D eigenvalue weighted by Gasteiger charge is -2.32. The van der Waals surface area contributed by atoms with Crippen LogP contribution in [0.2, 0.25) is 0 Å². The van der Waals surface area contributed by atoms with Crippen LogP contribution in [0.4, 0.5) is 17.1 Å². The van der Waals surface area contributed by atoms with Gasteiger partial charge in [-0.05, 0) is 126 Å². The first-order valence-electron chi connectivity index (χ1n) is 21.0. The van der Waals surface area contributed by atoms with Crippen molar-refractivity contribution in [2.75, 3.05) is 4.90 Å². The number of nitrogens with zero attached hydrogens (tertiary/aromatic N) is 1. The standard InChI is InChI=1S/C58H39NS/c1-57(2)47-20-10-6-16-41(47)43-30-28-39(34-51(43)57)59(38-26-24-37(25-27-38)36-14-4-3-5-15-36)40-29-31-44-42-17-7-11-21-48(42)58(52(44)35-40)49-22-12-8-18-45(49)55-50(58)32-33-54-56(55)46-19-9-13-23-53(46)60-54/h3-35H,1-2H3. The fraction of sp³-hybridized carbons (Fsp3) is 0.0690. The maximum atomic E-state index is 2.52. The van der Waals surface area contributed by atoms with E-state index < -0.39 is 5.41 Å². The molecule has 3 aliphatic rings. The molecule has 1 aromatic heterocycles. The van der Waals surface area contributed by atoms with E-state index in [4.69, 9.17) is 0 Å². The van der Waals surface area contributed by atoms with Gasteiger partial charge >= 0.3 is 0 Å². The Kier molecular flexibility index (Phi) is 6.94.